The molecule has 7 nitrogen and oxygen atoms in total. The molecular weight excluding hydrogens is 476 g/mol. The molecule has 1 heterocycles. The van der Waals surface area contributed by atoms with Crippen LogP contribution in [-0.4, -0.2) is 53.3 Å². The van der Waals surface area contributed by atoms with E-state index < -0.39 is 0 Å². The zero-order valence-electron chi connectivity index (χ0n) is 22.8. The third kappa shape index (κ3) is 6.47. The highest BCUT2D eigenvalue weighted by atomic mass is 16.5. The van der Waals surface area contributed by atoms with Gasteiger partial charge in [-0.2, -0.15) is 5.10 Å². The summed E-state index contributed by atoms with van der Waals surface area (Å²) >= 11 is 0. The van der Waals surface area contributed by atoms with Crippen LogP contribution < -0.4 is 5.32 Å². The van der Waals surface area contributed by atoms with Crippen LogP contribution in [0, 0.1) is 6.92 Å². The van der Waals surface area contributed by atoms with Crippen molar-refractivity contribution in [1.29, 1.82) is 0 Å². The molecule has 0 saturated carbocycles. The summed E-state index contributed by atoms with van der Waals surface area (Å²) in [5.74, 6) is 0.0934. The number of rotatable bonds is 9. The van der Waals surface area contributed by atoms with Crippen LogP contribution in [0.1, 0.15) is 48.8 Å². The Morgan fingerprint density at radius 3 is 2.45 bits per heavy atom. The van der Waals surface area contributed by atoms with Crippen molar-refractivity contribution in [3.63, 3.8) is 0 Å². The van der Waals surface area contributed by atoms with E-state index in [9.17, 15) is 9.59 Å². The summed E-state index contributed by atoms with van der Waals surface area (Å²) in [5.41, 5.74) is 3.16. The van der Waals surface area contributed by atoms with Crippen LogP contribution in [0.25, 0.3) is 16.5 Å². The van der Waals surface area contributed by atoms with Crippen LogP contribution in [0.3, 0.4) is 0 Å². The SMILES string of the molecule is COCCCN(CC(=O)Nc1cc(C(C)(C)C)nn1-c1cccc(C)c1)C(=O)c1ccc2ccccc2c1. The molecule has 1 N–H and O–H groups in total. The van der Waals surface area contributed by atoms with E-state index >= 15 is 0 Å². The van der Waals surface area contributed by atoms with Gasteiger partial charge in [-0.15, -0.1) is 0 Å². The van der Waals surface area contributed by atoms with Gasteiger partial charge in [0.05, 0.1) is 11.4 Å². The normalized spacial score (nSPS) is 11.5. The summed E-state index contributed by atoms with van der Waals surface area (Å²) in [6, 6.07) is 23.4. The van der Waals surface area contributed by atoms with Crippen LogP contribution >= 0.6 is 0 Å². The number of carbonyl (C=O) groups excluding carboxylic acids is 2. The first-order valence-electron chi connectivity index (χ1n) is 12.9. The van der Waals surface area contributed by atoms with Gasteiger partial charge in [0.2, 0.25) is 5.91 Å². The standard InChI is InChI=1S/C31H36N4O3/c1-22-10-8-13-26(18-22)35-28(20-27(33-35)31(2,3)4)32-29(36)21-34(16-9-17-38-5)30(37)25-15-14-23-11-6-7-12-24(23)19-25/h6-8,10-15,18-20H,9,16-17,21H2,1-5H3,(H,32,36). The highest BCUT2D eigenvalue weighted by Crippen LogP contribution is 2.27. The number of amides is 2. The molecule has 4 rings (SSSR count). The Morgan fingerprint density at radius 2 is 1.74 bits per heavy atom. The fourth-order valence-electron chi connectivity index (χ4n) is 4.31. The van der Waals surface area contributed by atoms with Crippen LogP contribution in [-0.2, 0) is 14.9 Å². The van der Waals surface area contributed by atoms with E-state index in [1.165, 1.54) is 0 Å². The molecule has 0 radical (unpaired) electrons. The number of aryl methyl sites for hydroxylation is 1. The molecular formula is C31H36N4O3. The van der Waals surface area contributed by atoms with Crippen molar-refractivity contribution in [2.24, 2.45) is 0 Å². The highest BCUT2D eigenvalue weighted by molar-refractivity contribution is 6.01. The lowest BCUT2D eigenvalue weighted by atomic mass is 9.92. The van der Waals surface area contributed by atoms with Gasteiger partial charge in [-0.05, 0) is 53.9 Å². The van der Waals surface area contributed by atoms with Crippen molar-refractivity contribution in [3.8, 4) is 5.69 Å². The quantitative estimate of drug-likeness (QED) is 0.290. The van der Waals surface area contributed by atoms with Gasteiger partial charge in [0.1, 0.15) is 12.4 Å². The molecule has 0 spiro atoms. The highest BCUT2D eigenvalue weighted by Gasteiger charge is 2.24. The lowest BCUT2D eigenvalue weighted by Crippen LogP contribution is -2.39. The average Bonchev–Trinajstić information content (AvgIpc) is 3.32. The Bertz CT molecular complexity index is 1430. The minimum atomic E-state index is -0.286. The molecule has 7 heteroatoms. The minimum absolute atomic E-state index is 0.0841. The smallest absolute Gasteiger partial charge is 0.254 e. The molecule has 0 atom stereocenters. The van der Waals surface area contributed by atoms with Crippen LogP contribution in [0.5, 0.6) is 0 Å². The summed E-state index contributed by atoms with van der Waals surface area (Å²) < 4.78 is 6.95. The Hall–Kier alpha value is -3.97. The maximum Gasteiger partial charge on any atom is 0.254 e. The third-order valence-corrected chi connectivity index (χ3v) is 6.39. The molecule has 1 aromatic heterocycles. The molecule has 0 saturated heterocycles. The van der Waals surface area contributed by atoms with Gasteiger partial charge < -0.3 is 15.0 Å². The average molecular weight is 513 g/mol. The number of fused-ring (bicyclic) bond motifs is 1. The van der Waals surface area contributed by atoms with E-state index in [4.69, 9.17) is 9.84 Å². The van der Waals surface area contributed by atoms with Gasteiger partial charge in [-0.1, -0.05) is 63.2 Å². The van der Waals surface area contributed by atoms with Gasteiger partial charge >= 0.3 is 0 Å². The number of nitrogens with one attached hydrogen (secondary N) is 1. The van der Waals surface area contributed by atoms with Gasteiger partial charge in [0.25, 0.3) is 5.91 Å². The molecule has 0 bridgehead atoms. The number of carbonyl (C=O) groups is 2. The molecule has 2 amide bonds. The van der Waals surface area contributed by atoms with Crippen molar-refractivity contribution < 1.29 is 14.3 Å². The topological polar surface area (TPSA) is 76.5 Å². The fourth-order valence-corrected chi connectivity index (χ4v) is 4.31. The minimum Gasteiger partial charge on any atom is -0.385 e. The monoisotopic (exact) mass is 512 g/mol. The number of ether oxygens (including phenoxy) is 1. The number of hydrogen-bond donors (Lipinski definition) is 1. The second-order valence-electron chi connectivity index (χ2n) is 10.6. The lowest BCUT2D eigenvalue weighted by Gasteiger charge is -2.22. The van der Waals surface area contributed by atoms with Crippen LogP contribution in [0.2, 0.25) is 0 Å². The van der Waals surface area contributed by atoms with Gasteiger partial charge in [0, 0.05) is 37.3 Å². The molecule has 0 aliphatic heterocycles. The zero-order chi connectivity index (χ0) is 27.3. The van der Waals surface area contributed by atoms with Gasteiger partial charge in [-0.3, -0.25) is 9.59 Å². The predicted octanol–water partition coefficient (Wildman–Crippen LogP) is 5.75. The van der Waals surface area contributed by atoms with Gasteiger partial charge in [0.15, 0.2) is 0 Å². The predicted molar refractivity (Wildman–Crippen MR) is 152 cm³/mol. The van der Waals surface area contributed by atoms with E-state index in [0.717, 1.165) is 27.7 Å². The summed E-state index contributed by atoms with van der Waals surface area (Å²) in [5, 5.41) is 9.86. The van der Waals surface area contributed by atoms with Crippen molar-refractivity contribution >= 4 is 28.4 Å². The van der Waals surface area contributed by atoms with E-state index in [1.807, 2.05) is 79.7 Å². The largest absolute Gasteiger partial charge is 0.385 e. The molecule has 0 aliphatic carbocycles. The summed E-state index contributed by atoms with van der Waals surface area (Å²) in [4.78, 5) is 28.4. The first-order valence-corrected chi connectivity index (χ1v) is 12.9. The van der Waals surface area contributed by atoms with E-state index in [1.54, 1.807) is 16.7 Å². The Morgan fingerprint density at radius 1 is 0.974 bits per heavy atom. The lowest BCUT2D eigenvalue weighted by molar-refractivity contribution is -0.117. The third-order valence-electron chi connectivity index (χ3n) is 6.39. The summed E-state index contributed by atoms with van der Waals surface area (Å²) in [6.07, 6.45) is 0.624. The molecule has 4 aromatic rings. The van der Waals surface area contributed by atoms with E-state index in [2.05, 4.69) is 26.1 Å². The molecule has 0 unspecified atom stereocenters. The van der Waals surface area contributed by atoms with E-state index in [0.29, 0.717) is 31.0 Å². The van der Waals surface area contributed by atoms with Crippen LogP contribution in [0.15, 0.2) is 72.8 Å². The first-order chi connectivity index (χ1) is 18.2. The molecule has 198 valence electrons. The van der Waals surface area contributed by atoms with Gasteiger partial charge in [-0.25, -0.2) is 4.68 Å². The number of anilines is 1. The summed E-state index contributed by atoms with van der Waals surface area (Å²) in [6.45, 7) is 9.09. The maximum atomic E-state index is 13.5. The Labute approximate surface area is 224 Å². The second kappa shape index (κ2) is 11.6. The number of methoxy groups -OCH3 is 1. The summed E-state index contributed by atoms with van der Waals surface area (Å²) in [7, 11) is 1.63. The van der Waals surface area contributed by atoms with Crippen molar-refractivity contribution in [2.45, 2.75) is 39.5 Å². The van der Waals surface area contributed by atoms with Crippen molar-refractivity contribution in [3.05, 3.63) is 89.6 Å². The second-order valence-corrected chi connectivity index (χ2v) is 10.6. The maximum absolute atomic E-state index is 13.5. The van der Waals surface area contributed by atoms with Crippen molar-refractivity contribution in [1.82, 2.24) is 14.7 Å². The Balaban J connectivity index is 1.59. The first kappa shape index (κ1) is 27.1. The van der Waals surface area contributed by atoms with E-state index in [-0.39, 0.29) is 23.8 Å². The molecule has 0 aliphatic rings. The molecule has 3 aromatic carbocycles. The number of hydrogen-bond acceptors (Lipinski definition) is 4. The number of benzene rings is 3. The number of aromatic nitrogens is 2. The fraction of sp³-hybridized carbons (Fsp3) is 0.323. The van der Waals surface area contributed by atoms with Crippen molar-refractivity contribution in [2.75, 3.05) is 32.1 Å². The molecule has 38 heavy (non-hydrogen) atoms. The number of nitrogens with zero attached hydrogens (tertiary/aromatic N) is 3. The molecule has 0 fully saturated rings. The van der Waals surface area contributed by atoms with Crippen LogP contribution in [0.4, 0.5) is 5.82 Å². The zero-order valence-corrected chi connectivity index (χ0v) is 22.8. The Kier molecular flexibility index (Phi) is 8.27.